The lowest BCUT2D eigenvalue weighted by molar-refractivity contribution is -0.121. The second kappa shape index (κ2) is 10.6. The van der Waals surface area contributed by atoms with E-state index >= 15 is 0 Å². The van der Waals surface area contributed by atoms with E-state index in [1.165, 1.54) is 11.1 Å². The Morgan fingerprint density at radius 2 is 1.65 bits per heavy atom. The maximum Gasteiger partial charge on any atom is 0.220 e. The number of hydrogen-bond donors (Lipinski definition) is 1. The van der Waals surface area contributed by atoms with Crippen LogP contribution in [0.1, 0.15) is 53.8 Å². The molecule has 1 amide bonds. The van der Waals surface area contributed by atoms with E-state index in [4.69, 9.17) is 5.26 Å². The SMILES string of the molecule is Cc1nn(CCC#N)c(C)c1CCC(=O)NC(C)C(c1ccccc1)c1ccccc1. The van der Waals surface area contributed by atoms with Crippen LogP contribution in [0, 0.1) is 25.2 Å². The van der Waals surface area contributed by atoms with Crippen molar-refractivity contribution in [1.29, 1.82) is 5.26 Å². The summed E-state index contributed by atoms with van der Waals surface area (Å²) in [6.45, 7) is 6.63. The van der Waals surface area contributed by atoms with Gasteiger partial charge in [-0.25, -0.2) is 0 Å². The van der Waals surface area contributed by atoms with Crippen molar-refractivity contribution in [1.82, 2.24) is 15.1 Å². The van der Waals surface area contributed by atoms with Crippen LogP contribution < -0.4 is 5.32 Å². The van der Waals surface area contributed by atoms with Crippen molar-refractivity contribution in [2.24, 2.45) is 0 Å². The molecular formula is C26H30N4O. The number of carbonyl (C=O) groups is 1. The number of rotatable bonds is 9. The molecule has 1 N–H and O–H groups in total. The van der Waals surface area contributed by atoms with Gasteiger partial charge in [-0.1, -0.05) is 60.7 Å². The second-order valence-corrected chi connectivity index (χ2v) is 7.94. The largest absolute Gasteiger partial charge is 0.353 e. The molecule has 5 nitrogen and oxygen atoms in total. The van der Waals surface area contributed by atoms with E-state index in [1.54, 1.807) is 0 Å². The molecule has 0 aliphatic heterocycles. The van der Waals surface area contributed by atoms with Crippen LogP contribution in [0.3, 0.4) is 0 Å². The lowest BCUT2D eigenvalue weighted by atomic mass is 9.85. The Kier molecular flexibility index (Phi) is 7.61. The molecule has 31 heavy (non-hydrogen) atoms. The average molecular weight is 415 g/mol. The van der Waals surface area contributed by atoms with Crippen molar-refractivity contribution >= 4 is 5.91 Å². The third-order valence-electron chi connectivity index (χ3n) is 5.77. The molecule has 0 saturated carbocycles. The van der Waals surface area contributed by atoms with Crippen molar-refractivity contribution in [3.05, 3.63) is 88.7 Å². The summed E-state index contributed by atoms with van der Waals surface area (Å²) < 4.78 is 1.87. The molecule has 160 valence electrons. The molecule has 0 aliphatic carbocycles. The van der Waals surface area contributed by atoms with Crippen LogP contribution in [0.5, 0.6) is 0 Å². The summed E-state index contributed by atoms with van der Waals surface area (Å²) in [5.74, 6) is 0.122. The summed E-state index contributed by atoms with van der Waals surface area (Å²) in [7, 11) is 0. The Bertz CT molecular complexity index is 995. The van der Waals surface area contributed by atoms with Gasteiger partial charge in [0.25, 0.3) is 0 Å². The summed E-state index contributed by atoms with van der Waals surface area (Å²) in [4.78, 5) is 12.8. The zero-order valence-corrected chi connectivity index (χ0v) is 18.5. The molecule has 0 spiro atoms. The number of nitriles is 1. The molecule has 3 rings (SSSR count). The second-order valence-electron chi connectivity index (χ2n) is 7.94. The molecule has 0 aliphatic rings. The van der Waals surface area contributed by atoms with Crippen LogP contribution in [0.15, 0.2) is 60.7 Å². The topological polar surface area (TPSA) is 70.7 Å². The zero-order valence-electron chi connectivity index (χ0n) is 18.5. The van der Waals surface area contributed by atoms with Gasteiger partial charge in [0.2, 0.25) is 5.91 Å². The Hall–Kier alpha value is -3.39. The fraction of sp³-hybridized carbons (Fsp3) is 0.346. The maximum absolute atomic E-state index is 12.8. The van der Waals surface area contributed by atoms with Gasteiger partial charge >= 0.3 is 0 Å². The molecule has 0 radical (unpaired) electrons. The molecule has 1 unspecified atom stereocenters. The first-order chi connectivity index (χ1) is 15.0. The summed E-state index contributed by atoms with van der Waals surface area (Å²) in [5.41, 5.74) is 5.45. The minimum absolute atomic E-state index is 0.0351. The van der Waals surface area contributed by atoms with Gasteiger partial charge in [-0.3, -0.25) is 9.48 Å². The number of nitrogens with zero attached hydrogens (tertiary/aromatic N) is 3. The maximum atomic E-state index is 12.8. The number of aryl methyl sites for hydroxylation is 2. The molecule has 0 fully saturated rings. The van der Waals surface area contributed by atoms with Crippen LogP contribution in [0.4, 0.5) is 0 Å². The quantitative estimate of drug-likeness (QED) is 0.552. The predicted molar refractivity (Wildman–Crippen MR) is 123 cm³/mol. The van der Waals surface area contributed by atoms with E-state index in [2.05, 4.69) is 47.7 Å². The molecule has 0 saturated heterocycles. The van der Waals surface area contributed by atoms with Crippen molar-refractivity contribution in [3.63, 3.8) is 0 Å². The van der Waals surface area contributed by atoms with Gasteiger partial charge < -0.3 is 5.32 Å². The average Bonchev–Trinajstić information content (AvgIpc) is 3.05. The first kappa shape index (κ1) is 22.3. The standard InChI is InChI=1S/C26H30N4O/c1-19-24(21(3)30(29-19)18-10-17-27)15-16-25(31)28-20(2)26(22-11-6-4-7-12-22)23-13-8-5-9-14-23/h4-9,11-14,20,26H,10,15-16,18H2,1-3H3,(H,28,31). The summed E-state index contributed by atoms with van der Waals surface area (Å²) >= 11 is 0. The smallest absolute Gasteiger partial charge is 0.220 e. The van der Waals surface area contributed by atoms with E-state index < -0.39 is 0 Å². The monoisotopic (exact) mass is 414 g/mol. The molecule has 5 heteroatoms. The van der Waals surface area contributed by atoms with Crippen molar-refractivity contribution in [2.45, 2.75) is 58.5 Å². The highest BCUT2D eigenvalue weighted by Crippen LogP contribution is 2.28. The van der Waals surface area contributed by atoms with Gasteiger partial charge in [0.1, 0.15) is 0 Å². The first-order valence-electron chi connectivity index (χ1n) is 10.8. The Morgan fingerprint density at radius 3 is 2.19 bits per heavy atom. The van der Waals surface area contributed by atoms with E-state index in [9.17, 15) is 4.79 Å². The number of aromatic nitrogens is 2. The lowest BCUT2D eigenvalue weighted by Crippen LogP contribution is -2.37. The normalized spacial score (nSPS) is 11.8. The predicted octanol–water partition coefficient (Wildman–Crippen LogP) is 4.68. The Balaban J connectivity index is 1.68. The molecule has 1 heterocycles. The highest BCUT2D eigenvalue weighted by atomic mass is 16.1. The fourth-order valence-electron chi connectivity index (χ4n) is 4.21. The van der Waals surface area contributed by atoms with Gasteiger partial charge in [0.15, 0.2) is 0 Å². The van der Waals surface area contributed by atoms with Crippen molar-refractivity contribution < 1.29 is 4.79 Å². The van der Waals surface area contributed by atoms with E-state index in [0.29, 0.717) is 25.8 Å². The summed E-state index contributed by atoms with van der Waals surface area (Å²) in [5, 5.41) is 16.6. The van der Waals surface area contributed by atoms with Gasteiger partial charge in [0.05, 0.1) is 24.7 Å². The number of hydrogen-bond acceptors (Lipinski definition) is 3. The van der Waals surface area contributed by atoms with Gasteiger partial charge in [-0.2, -0.15) is 10.4 Å². The van der Waals surface area contributed by atoms with Crippen LogP contribution in [-0.4, -0.2) is 21.7 Å². The molecule has 1 atom stereocenters. The molecule has 0 bridgehead atoms. The van der Waals surface area contributed by atoms with Crippen LogP contribution in [0.2, 0.25) is 0 Å². The van der Waals surface area contributed by atoms with E-state index in [0.717, 1.165) is 17.0 Å². The number of nitrogens with one attached hydrogen (secondary N) is 1. The Labute approximate surface area is 184 Å². The molecule has 1 aromatic heterocycles. The molecule has 2 aromatic carbocycles. The number of benzene rings is 2. The van der Waals surface area contributed by atoms with Gasteiger partial charge in [-0.05, 0) is 43.9 Å². The van der Waals surface area contributed by atoms with Gasteiger partial charge in [-0.15, -0.1) is 0 Å². The number of carbonyl (C=O) groups excluding carboxylic acids is 1. The molecule has 3 aromatic rings. The third kappa shape index (κ3) is 5.61. The van der Waals surface area contributed by atoms with Gasteiger partial charge in [0, 0.05) is 24.1 Å². The highest BCUT2D eigenvalue weighted by Gasteiger charge is 2.23. The minimum atomic E-state index is -0.0437. The van der Waals surface area contributed by atoms with Crippen LogP contribution in [-0.2, 0) is 17.8 Å². The van der Waals surface area contributed by atoms with Crippen molar-refractivity contribution in [2.75, 3.05) is 0 Å². The lowest BCUT2D eigenvalue weighted by Gasteiger charge is -2.26. The summed E-state index contributed by atoms with van der Waals surface area (Å²) in [6.07, 6.45) is 1.48. The third-order valence-corrected chi connectivity index (χ3v) is 5.77. The first-order valence-corrected chi connectivity index (χ1v) is 10.8. The fourth-order valence-corrected chi connectivity index (χ4v) is 4.21. The van der Waals surface area contributed by atoms with E-state index in [1.807, 2.05) is 54.9 Å². The number of amides is 1. The zero-order chi connectivity index (χ0) is 22.2. The van der Waals surface area contributed by atoms with E-state index in [-0.39, 0.29) is 17.9 Å². The Morgan fingerprint density at radius 1 is 1.06 bits per heavy atom. The van der Waals surface area contributed by atoms with Crippen molar-refractivity contribution in [3.8, 4) is 6.07 Å². The van der Waals surface area contributed by atoms with Crippen LogP contribution >= 0.6 is 0 Å². The van der Waals surface area contributed by atoms with Crippen LogP contribution in [0.25, 0.3) is 0 Å². The highest BCUT2D eigenvalue weighted by molar-refractivity contribution is 5.76. The molecular weight excluding hydrogens is 384 g/mol. The summed E-state index contributed by atoms with van der Waals surface area (Å²) in [6, 6.07) is 22.7. The minimum Gasteiger partial charge on any atom is -0.353 e.